The summed E-state index contributed by atoms with van der Waals surface area (Å²) in [6.45, 7) is 5.92. The standard InChI is InChI=1S/C24H33N3O5/c1-29-21-15-19(16-22(30-2)24(21)31-3)17-25-23(28)18-27-11-9-26(10-12-27)13-14-32-20-7-5-4-6-8-20/h4-8,15-16H,9-14,17-18H2,1-3H3,(H,25,28). The lowest BCUT2D eigenvalue weighted by atomic mass is 10.1. The Kier molecular flexibility index (Phi) is 9.01. The molecule has 2 aromatic carbocycles. The average Bonchev–Trinajstić information content (AvgIpc) is 2.83. The summed E-state index contributed by atoms with van der Waals surface area (Å²) in [5, 5.41) is 2.98. The minimum absolute atomic E-state index is 0.000359. The molecule has 3 rings (SSSR count). The zero-order valence-corrected chi connectivity index (χ0v) is 19.1. The van der Waals surface area contributed by atoms with Gasteiger partial charge in [0.05, 0.1) is 27.9 Å². The molecule has 1 aliphatic heterocycles. The Labute approximate surface area is 190 Å². The molecule has 0 unspecified atom stereocenters. The number of carbonyl (C=O) groups excluding carboxylic acids is 1. The third kappa shape index (κ3) is 6.77. The maximum absolute atomic E-state index is 12.5. The van der Waals surface area contributed by atoms with Crippen LogP contribution in [-0.2, 0) is 11.3 Å². The predicted octanol–water partition coefficient (Wildman–Crippen LogP) is 2.03. The van der Waals surface area contributed by atoms with Gasteiger partial charge in [-0.05, 0) is 29.8 Å². The largest absolute Gasteiger partial charge is 0.493 e. The van der Waals surface area contributed by atoms with Gasteiger partial charge in [-0.3, -0.25) is 14.6 Å². The molecule has 0 atom stereocenters. The first-order valence-electron chi connectivity index (χ1n) is 10.8. The summed E-state index contributed by atoms with van der Waals surface area (Å²) in [5.74, 6) is 2.58. The average molecular weight is 444 g/mol. The highest BCUT2D eigenvalue weighted by Crippen LogP contribution is 2.38. The molecule has 0 spiro atoms. The first kappa shape index (κ1) is 23.7. The second-order valence-corrected chi connectivity index (χ2v) is 7.59. The van der Waals surface area contributed by atoms with Gasteiger partial charge in [-0.25, -0.2) is 0 Å². The molecule has 174 valence electrons. The number of methoxy groups -OCH3 is 3. The molecule has 0 saturated carbocycles. The van der Waals surface area contributed by atoms with Crippen LogP contribution >= 0.6 is 0 Å². The number of amides is 1. The van der Waals surface area contributed by atoms with E-state index in [0.29, 0.717) is 36.9 Å². The molecular weight excluding hydrogens is 410 g/mol. The number of rotatable bonds is 11. The molecule has 1 saturated heterocycles. The maximum atomic E-state index is 12.5. The molecule has 0 aromatic heterocycles. The van der Waals surface area contributed by atoms with Gasteiger partial charge >= 0.3 is 0 Å². The first-order valence-corrected chi connectivity index (χ1v) is 10.8. The molecule has 2 aromatic rings. The molecule has 0 bridgehead atoms. The summed E-state index contributed by atoms with van der Waals surface area (Å²) >= 11 is 0. The highest BCUT2D eigenvalue weighted by atomic mass is 16.5. The molecule has 0 aliphatic carbocycles. The van der Waals surface area contributed by atoms with Gasteiger partial charge in [-0.15, -0.1) is 0 Å². The van der Waals surface area contributed by atoms with Crippen LogP contribution in [0.5, 0.6) is 23.0 Å². The van der Waals surface area contributed by atoms with Gasteiger partial charge < -0.3 is 24.3 Å². The summed E-state index contributed by atoms with van der Waals surface area (Å²) in [6.07, 6.45) is 0. The van der Waals surface area contributed by atoms with Crippen molar-refractivity contribution < 1.29 is 23.7 Å². The zero-order chi connectivity index (χ0) is 22.8. The van der Waals surface area contributed by atoms with Gasteiger partial charge in [0.25, 0.3) is 0 Å². The number of para-hydroxylation sites is 1. The molecule has 1 fully saturated rings. The van der Waals surface area contributed by atoms with Gasteiger partial charge in [0, 0.05) is 39.3 Å². The van der Waals surface area contributed by atoms with Crippen LogP contribution in [-0.4, -0.2) is 82.9 Å². The van der Waals surface area contributed by atoms with Crippen LogP contribution < -0.4 is 24.3 Å². The van der Waals surface area contributed by atoms with Crippen molar-refractivity contribution in [2.45, 2.75) is 6.54 Å². The van der Waals surface area contributed by atoms with Crippen molar-refractivity contribution in [2.24, 2.45) is 0 Å². The molecular formula is C24H33N3O5. The molecule has 8 nitrogen and oxygen atoms in total. The van der Waals surface area contributed by atoms with Gasteiger partial charge in [0.15, 0.2) is 11.5 Å². The molecule has 32 heavy (non-hydrogen) atoms. The maximum Gasteiger partial charge on any atom is 0.234 e. The van der Waals surface area contributed by atoms with Crippen molar-refractivity contribution >= 4 is 5.91 Å². The Hall–Kier alpha value is -2.97. The van der Waals surface area contributed by atoms with Crippen LogP contribution in [0.2, 0.25) is 0 Å². The van der Waals surface area contributed by atoms with Crippen LogP contribution in [0.3, 0.4) is 0 Å². The Bertz CT molecular complexity index is 829. The number of piperazine rings is 1. The Morgan fingerprint density at radius 1 is 0.906 bits per heavy atom. The SMILES string of the molecule is COc1cc(CNC(=O)CN2CCN(CCOc3ccccc3)CC2)cc(OC)c1OC. The van der Waals surface area contributed by atoms with E-state index in [0.717, 1.165) is 44.0 Å². The topological polar surface area (TPSA) is 72.5 Å². The summed E-state index contributed by atoms with van der Waals surface area (Å²) < 4.78 is 21.9. The lowest BCUT2D eigenvalue weighted by Gasteiger charge is -2.34. The molecule has 8 heteroatoms. The molecule has 1 heterocycles. The van der Waals surface area contributed by atoms with Crippen LogP contribution in [0.25, 0.3) is 0 Å². The van der Waals surface area contributed by atoms with E-state index in [2.05, 4.69) is 15.1 Å². The number of nitrogens with zero attached hydrogens (tertiary/aromatic N) is 2. The number of nitrogens with one attached hydrogen (secondary N) is 1. The van der Waals surface area contributed by atoms with Crippen LogP contribution in [0, 0.1) is 0 Å². The van der Waals surface area contributed by atoms with Gasteiger partial charge in [0.1, 0.15) is 12.4 Å². The van der Waals surface area contributed by atoms with Crippen LogP contribution in [0.1, 0.15) is 5.56 Å². The summed E-state index contributed by atoms with van der Waals surface area (Å²) in [5.41, 5.74) is 0.885. The van der Waals surface area contributed by atoms with Crippen LogP contribution in [0.15, 0.2) is 42.5 Å². The molecule has 1 N–H and O–H groups in total. The van der Waals surface area contributed by atoms with E-state index in [-0.39, 0.29) is 5.91 Å². The lowest BCUT2D eigenvalue weighted by Crippen LogP contribution is -2.50. The summed E-state index contributed by atoms with van der Waals surface area (Å²) in [6, 6.07) is 13.5. The highest BCUT2D eigenvalue weighted by Gasteiger charge is 2.19. The Morgan fingerprint density at radius 3 is 2.12 bits per heavy atom. The van der Waals surface area contributed by atoms with Crippen molar-refractivity contribution in [3.63, 3.8) is 0 Å². The van der Waals surface area contributed by atoms with Crippen molar-refractivity contribution in [1.29, 1.82) is 0 Å². The minimum atomic E-state index is -0.000359. The quantitative estimate of drug-likeness (QED) is 0.570. The number of benzene rings is 2. The molecule has 1 amide bonds. The fourth-order valence-electron chi connectivity index (χ4n) is 3.68. The van der Waals surface area contributed by atoms with Gasteiger partial charge in [-0.2, -0.15) is 0 Å². The first-order chi connectivity index (χ1) is 15.6. The zero-order valence-electron chi connectivity index (χ0n) is 19.1. The highest BCUT2D eigenvalue weighted by molar-refractivity contribution is 5.78. The number of hydrogen-bond donors (Lipinski definition) is 1. The second kappa shape index (κ2) is 12.2. The van der Waals surface area contributed by atoms with E-state index in [1.807, 2.05) is 42.5 Å². The van der Waals surface area contributed by atoms with Crippen molar-refractivity contribution in [1.82, 2.24) is 15.1 Å². The lowest BCUT2D eigenvalue weighted by molar-refractivity contribution is -0.122. The number of hydrogen-bond acceptors (Lipinski definition) is 7. The summed E-state index contributed by atoms with van der Waals surface area (Å²) in [7, 11) is 4.72. The fourth-order valence-corrected chi connectivity index (χ4v) is 3.68. The summed E-state index contributed by atoms with van der Waals surface area (Å²) in [4.78, 5) is 17.0. The van der Waals surface area contributed by atoms with E-state index in [1.165, 1.54) is 0 Å². The monoisotopic (exact) mass is 443 g/mol. The number of ether oxygens (including phenoxy) is 4. The minimum Gasteiger partial charge on any atom is -0.493 e. The Morgan fingerprint density at radius 2 is 1.53 bits per heavy atom. The van der Waals surface area contributed by atoms with Gasteiger partial charge in [0.2, 0.25) is 11.7 Å². The number of carbonyl (C=O) groups is 1. The molecule has 1 aliphatic rings. The van der Waals surface area contributed by atoms with Crippen molar-refractivity contribution in [3.8, 4) is 23.0 Å². The third-order valence-corrected chi connectivity index (χ3v) is 5.47. The third-order valence-electron chi connectivity index (χ3n) is 5.47. The normalized spacial score (nSPS) is 14.6. The van der Waals surface area contributed by atoms with E-state index in [9.17, 15) is 4.79 Å². The fraction of sp³-hybridized carbons (Fsp3) is 0.458. The van der Waals surface area contributed by atoms with Gasteiger partial charge in [-0.1, -0.05) is 18.2 Å². The second-order valence-electron chi connectivity index (χ2n) is 7.59. The predicted molar refractivity (Wildman–Crippen MR) is 123 cm³/mol. The van der Waals surface area contributed by atoms with Crippen molar-refractivity contribution in [2.75, 3.05) is 67.2 Å². The van der Waals surface area contributed by atoms with Crippen molar-refractivity contribution in [3.05, 3.63) is 48.0 Å². The van der Waals surface area contributed by atoms with E-state index in [4.69, 9.17) is 18.9 Å². The van der Waals surface area contributed by atoms with E-state index >= 15 is 0 Å². The Balaban J connectivity index is 1.38. The molecule has 0 radical (unpaired) electrons. The van der Waals surface area contributed by atoms with E-state index in [1.54, 1.807) is 21.3 Å². The van der Waals surface area contributed by atoms with E-state index < -0.39 is 0 Å². The van der Waals surface area contributed by atoms with Crippen LogP contribution in [0.4, 0.5) is 0 Å². The smallest absolute Gasteiger partial charge is 0.234 e.